The Balaban J connectivity index is 3.39. The third kappa shape index (κ3) is 5.07. The third-order valence-corrected chi connectivity index (χ3v) is 2.91. The molecular weight excluding hydrogens is 333 g/mol. The summed E-state index contributed by atoms with van der Waals surface area (Å²) < 4.78 is 70.5. The van der Waals surface area contributed by atoms with Gasteiger partial charge in [-0.15, -0.1) is 0 Å². The SMILES string of the molecule is CCOC(=O)c1cc(SC(F)(F)F)c(OC(F)F)cc1C#N. The van der Waals surface area contributed by atoms with E-state index in [0.29, 0.717) is 12.1 Å². The highest BCUT2D eigenvalue weighted by molar-refractivity contribution is 8.00. The Morgan fingerprint density at radius 1 is 1.41 bits per heavy atom. The smallest absolute Gasteiger partial charge is 0.446 e. The number of thioether (sulfide) groups is 1. The van der Waals surface area contributed by atoms with Crippen LogP contribution in [0.5, 0.6) is 5.75 Å². The molecule has 4 nitrogen and oxygen atoms in total. The molecule has 1 rings (SSSR count). The van der Waals surface area contributed by atoms with Crippen molar-refractivity contribution in [2.45, 2.75) is 23.9 Å². The molecule has 0 amide bonds. The molecule has 0 saturated carbocycles. The van der Waals surface area contributed by atoms with Crippen LogP contribution in [0.15, 0.2) is 17.0 Å². The number of rotatable bonds is 5. The number of halogens is 5. The first-order valence-electron chi connectivity index (χ1n) is 5.63. The maximum Gasteiger partial charge on any atom is 0.446 e. The lowest BCUT2D eigenvalue weighted by Gasteiger charge is -2.14. The molecular formula is C12H8F5NO3S. The van der Waals surface area contributed by atoms with Crippen molar-refractivity contribution in [2.24, 2.45) is 0 Å². The van der Waals surface area contributed by atoms with Gasteiger partial charge >= 0.3 is 18.1 Å². The Hall–Kier alpha value is -2.02. The third-order valence-electron chi connectivity index (χ3n) is 2.14. The van der Waals surface area contributed by atoms with Gasteiger partial charge in [0.2, 0.25) is 0 Å². The molecule has 0 atom stereocenters. The molecule has 0 bridgehead atoms. The molecule has 0 radical (unpaired) electrons. The summed E-state index contributed by atoms with van der Waals surface area (Å²) in [6.45, 7) is -1.99. The fraction of sp³-hybridized carbons (Fsp3) is 0.333. The predicted octanol–water partition coefficient (Wildman–Crippen LogP) is 3.95. The lowest BCUT2D eigenvalue weighted by atomic mass is 10.1. The van der Waals surface area contributed by atoms with E-state index in [9.17, 15) is 26.7 Å². The molecule has 0 aliphatic heterocycles. The van der Waals surface area contributed by atoms with Gasteiger partial charge in [0.05, 0.1) is 22.6 Å². The van der Waals surface area contributed by atoms with Crippen LogP contribution >= 0.6 is 11.8 Å². The van der Waals surface area contributed by atoms with Crippen LogP contribution in [0.1, 0.15) is 22.8 Å². The van der Waals surface area contributed by atoms with Gasteiger partial charge < -0.3 is 9.47 Å². The molecule has 0 heterocycles. The van der Waals surface area contributed by atoms with E-state index < -0.39 is 51.6 Å². The van der Waals surface area contributed by atoms with Crippen LogP contribution in [-0.4, -0.2) is 24.7 Å². The monoisotopic (exact) mass is 341 g/mol. The minimum absolute atomic E-state index is 0.0687. The van der Waals surface area contributed by atoms with Crippen LogP contribution in [0.4, 0.5) is 22.0 Å². The van der Waals surface area contributed by atoms with Gasteiger partial charge in [0.1, 0.15) is 11.8 Å². The van der Waals surface area contributed by atoms with Crippen molar-refractivity contribution in [3.63, 3.8) is 0 Å². The van der Waals surface area contributed by atoms with Crippen LogP contribution in [0, 0.1) is 11.3 Å². The lowest BCUT2D eigenvalue weighted by molar-refractivity contribution is -0.0527. The van der Waals surface area contributed by atoms with Gasteiger partial charge in [-0.3, -0.25) is 0 Å². The van der Waals surface area contributed by atoms with Gasteiger partial charge in [-0.2, -0.15) is 27.2 Å². The highest BCUT2D eigenvalue weighted by atomic mass is 32.2. The number of benzene rings is 1. The summed E-state index contributed by atoms with van der Waals surface area (Å²) in [5.74, 6) is -1.88. The average Bonchev–Trinajstić information content (AvgIpc) is 2.38. The zero-order valence-electron chi connectivity index (χ0n) is 10.9. The molecule has 0 aliphatic rings. The maximum absolute atomic E-state index is 12.5. The summed E-state index contributed by atoms with van der Waals surface area (Å²) in [6, 6.07) is 2.81. The minimum Gasteiger partial charge on any atom is -0.462 e. The Morgan fingerprint density at radius 3 is 2.50 bits per heavy atom. The van der Waals surface area contributed by atoms with Crippen LogP contribution in [0.25, 0.3) is 0 Å². The maximum atomic E-state index is 12.5. The summed E-state index contributed by atoms with van der Waals surface area (Å²) in [6.07, 6.45) is 0. The summed E-state index contributed by atoms with van der Waals surface area (Å²) in [7, 11) is 0. The number of alkyl halides is 5. The van der Waals surface area contributed by atoms with Crippen LogP contribution < -0.4 is 4.74 Å². The van der Waals surface area contributed by atoms with Gasteiger partial charge in [0, 0.05) is 6.07 Å². The van der Waals surface area contributed by atoms with Crippen molar-refractivity contribution >= 4 is 17.7 Å². The fourth-order valence-corrected chi connectivity index (χ4v) is 2.06. The Kier molecular flexibility index (Phi) is 5.99. The van der Waals surface area contributed by atoms with Gasteiger partial charge in [0.15, 0.2) is 0 Å². The van der Waals surface area contributed by atoms with Crippen molar-refractivity contribution in [2.75, 3.05) is 6.61 Å². The van der Waals surface area contributed by atoms with E-state index in [1.807, 2.05) is 0 Å². The van der Waals surface area contributed by atoms with E-state index in [2.05, 4.69) is 9.47 Å². The van der Waals surface area contributed by atoms with E-state index in [1.54, 1.807) is 0 Å². The first-order valence-corrected chi connectivity index (χ1v) is 6.45. The lowest BCUT2D eigenvalue weighted by Crippen LogP contribution is -2.11. The first-order chi connectivity index (χ1) is 10.2. The topological polar surface area (TPSA) is 59.3 Å². The molecule has 0 N–H and O–H groups in total. The largest absolute Gasteiger partial charge is 0.462 e. The van der Waals surface area contributed by atoms with E-state index >= 15 is 0 Å². The number of ether oxygens (including phenoxy) is 2. The van der Waals surface area contributed by atoms with Gasteiger partial charge in [-0.05, 0) is 24.8 Å². The molecule has 0 aromatic heterocycles. The van der Waals surface area contributed by atoms with E-state index in [-0.39, 0.29) is 6.61 Å². The van der Waals surface area contributed by atoms with E-state index in [4.69, 9.17) is 5.26 Å². The van der Waals surface area contributed by atoms with Crippen molar-refractivity contribution in [3.8, 4) is 11.8 Å². The molecule has 10 heteroatoms. The van der Waals surface area contributed by atoms with Gasteiger partial charge in [-0.1, -0.05) is 0 Å². The fourth-order valence-electron chi connectivity index (χ4n) is 1.42. The Morgan fingerprint density at radius 2 is 2.05 bits per heavy atom. The average molecular weight is 341 g/mol. The molecule has 0 fully saturated rings. The molecule has 0 spiro atoms. The molecule has 22 heavy (non-hydrogen) atoms. The molecule has 0 aliphatic carbocycles. The van der Waals surface area contributed by atoms with E-state index in [0.717, 1.165) is 0 Å². The Bertz CT molecular complexity index is 598. The molecule has 1 aromatic carbocycles. The van der Waals surface area contributed by atoms with Crippen molar-refractivity contribution in [1.29, 1.82) is 5.26 Å². The number of carbonyl (C=O) groups excluding carboxylic acids is 1. The molecule has 120 valence electrons. The van der Waals surface area contributed by atoms with Crippen LogP contribution in [0.2, 0.25) is 0 Å². The number of hydrogen-bond donors (Lipinski definition) is 0. The van der Waals surface area contributed by atoms with E-state index in [1.165, 1.54) is 13.0 Å². The number of nitriles is 1. The second kappa shape index (κ2) is 7.31. The van der Waals surface area contributed by atoms with Crippen molar-refractivity contribution < 1.29 is 36.2 Å². The van der Waals surface area contributed by atoms with Gasteiger partial charge in [0.25, 0.3) is 0 Å². The number of nitrogens with zero attached hydrogens (tertiary/aromatic N) is 1. The number of hydrogen-bond acceptors (Lipinski definition) is 5. The molecule has 0 unspecified atom stereocenters. The highest BCUT2D eigenvalue weighted by Crippen LogP contribution is 2.43. The predicted molar refractivity (Wildman–Crippen MR) is 65.7 cm³/mol. The standard InChI is InChI=1S/C12H8F5NO3S/c1-2-20-10(19)7-4-9(22-12(15,16)17)8(21-11(13)14)3-6(7)5-18/h3-4,11H,2H2,1H3. The second-order valence-electron chi connectivity index (χ2n) is 3.60. The normalized spacial score (nSPS) is 11.2. The second-order valence-corrected chi connectivity index (χ2v) is 4.71. The first kappa shape index (κ1) is 18.0. The quantitative estimate of drug-likeness (QED) is 0.461. The highest BCUT2D eigenvalue weighted by Gasteiger charge is 2.32. The summed E-state index contributed by atoms with van der Waals surface area (Å²) in [4.78, 5) is 10.9. The molecule has 0 saturated heterocycles. The summed E-state index contributed by atoms with van der Waals surface area (Å²) >= 11 is -0.737. The zero-order valence-corrected chi connectivity index (χ0v) is 11.7. The van der Waals surface area contributed by atoms with Crippen LogP contribution in [-0.2, 0) is 4.74 Å². The summed E-state index contributed by atoms with van der Waals surface area (Å²) in [5.41, 5.74) is -5.68. The zero-order chi connectivity index (χ0) is 16.9. The number of carbonyl (C=O) groups is 1. The van der Waals surface area contributed by atoms with Gasteiger partial charge in [-0.25, -0.2) is 4.79 Å². The summed E-state index contributed by atoms with van der Waals surface area (Å²) in [5, 5.41) is 8.89. The number of esters is 1. The van der Waals surface area contributed by atoms with Crippen LogP contribution in [0.3, 0.4) is 0 Å². The molecule has 1 aromatic rings. The van der Waals surface area contributed by atoms with Crippen molar-refractivity contribution in [3.05, 3.63) is 23.3 Å². The minimum atomic E-state index is -4.79. The Labute approximate surface area is 125 Å². The van der Waals surface area contributed by atoms with Crippen molar-refractivity contribution in [1.82, 2.24) is 0 Å².